The smallest absolute Gasteiger partial charge is 0.223 e. The summed E-state index contributed by atoms with van der Waals surface area (Å²) in [5.41, 5.74) is -0.835. The van der Waals surface area contributed by atoms with E-state index in [1.807, 2.05) is 6.92 Å². The van der Waals surface area contributed by atoms with Gasteiger partial charge in [0.25, 0.3) is 0 Å². The molecule has 1 fully saturated rings. The Hall–Kier alpha value is -0.610. The van der Waals surface area contributed by atoms with E-state index in [0.717, 1.165) is 32.1 Å². The van der Waals surface area contributed by atoms with Gasteiger partial charge >= 0.3 is 0 Å². The van der Waals surface area contributed by atoms with Crippen molar-refractivity contribution in [2.45, 2.75) is 71.5 Å². The van der Waals surface area contributed by atoms with Gasteiger partial charge in [-0.25, -0.2) is 0 Å². The van der Waals surface area contributed by atoms with Gasteiger partial charge in [0.1, 0.15) is 0 Å². The van der Waals surface area contributed by atoms with Gasteiger partial charge < -0.3 is 15.2 Å². The summed E-state index contributed by atoms with van der Waals surface area (Å²) in [5, 5.41) is 13.3. The van der Waals surface area contributed by atoms with Gasteiger partial charge in [-0.1, -0.05) is 33.6 Å². The normalized spacial score (nSPS) is 27.6. The minimum Gasteiger partial charge on any atom is -0.388 e. The Kier molecular flexibility index (Phi) is 6.96. The molecule has 0 aromatic carbocycles. The fraction of sp³-hybridized carbons (Fsp3) is 0.938. The second-order valence-electron chi connectivity index (χ2n) is 6.39. The lowest BCUT2D eigenvalue weighted by Crippen LogP contribution is -2.47. The van der Waals surface area contributed by atoms with E-state index in [-0.39, 0.29) is 23.8 Å². The van der Waals surface area contributed by atoms with Crippen LogP contribution in [-0.4, -0.2) is 35.9 Å². The average molecular weight is 285 g/mol. The number of ether oxygens (including phenoxy) is 1. The third-order valence-electron chi connectivity index (χ3n) is 4.64. The molecule has 0 spiro atoms. The second-order valence-corrected chi connectivity index (χ2v) is 6.39. The van der Waals surface area contributed by atoms with Crippen LogP contribution in [0.5, 0.6) is 0 Å². The van der Waals surface area contributed by atoms with Crippen LogP contribution in [0.2, 0.25) is 0 Å². The summed E-state index contributed by atoms with van der Waals surface area (Å²) in [6, 6.07) is 0. The number of aliphatic hydroxyl groups is 1. The molecular weight excluding hydrogens is 254 g/mol. The third-order valence-corrected chi connectivity index (χ3v) is 4.64. The Morgan fingerprint density at radius 2 is 2.20 bits per heavy atom. The molecule has 0 aliphatic carbocycles. The Balaban J connectivity index is 2.42. The number of nitrogens with one attached hydrogen (secondary N) is 1. The summed E-state index contributed by atoms with van der Waals surface area (Å²) in [5.74, 6) is 0.274. The SMILES string of the molecule is CCCC1CC(C(=O)NCC(C)(O)C(C)CC)CCO1. The van der Waals surface area contributed by atoms with Crippen LogP contribution in [0.1, 0.15) is 59.8 Å². The van der Waals surface area contributed by atoms with E-state index in [1.54, 1.807) is 6.92 Å². The summed E-state index contributed by atoms with van der Waals surface area (Å²) >= 11 is 0. The molecule has 4 heteroatoms. The highest BCUT2D eigenvalue weighted by Gasteiger charge is 2.31. The first-order valence-electron chi connectivity index (χ1n) is 8.02. The topological polar surface area (TPSA) is 58.6 Å². The van der Waals surface area contributed by atoms with Crippen molar-refractivity contribution in [1.82, 2.24) is 5.32 Å². The first kappa shape index (κ1) is 17.4. The summed E-state index contributed by atoms with van der Waals surface area (Å²) < 4.78 is 5.67. The number of hydrogen-bond acceptors (Lipinski definition) is 3. The molecule has 2 N–H and O–H groups in total. The van der Waals surface area contributed by atoms with Gasteiger partial charge in [0.2, 0.25) is 5.91 Å². The van der Waals surface area contributed by atoms with E-state index in [2.05, 4.69) is 19.2 Å². The van der Waals surface area contributed by atoms with Gasteiger partial charge in [-0.15, -0.1) is 0 Å². The molecule has 0 saturated carbocycles. The van der Waals surface area contributed by atoms with E-state index in [9.17, 15) is 9.90 Å². The lowest BCUT2D eigenvalue weighted by atomic mass is 9.88. The lowest BCUT2D eigenvalue weighted by Gasteiger charge is -2.32. The minimum absolute atomic E-state index is 0.0352. The zero-order valence-electron chi connectivity index (χ0n) is 13.4. The van der Waals surface area contributed by atoms with Crippen LogP contribution in [0.4, 0.5) is 0 Å². The number of rotatable bonds is 7. The van der Waals surface area contributed by atoms with Crippen molar-refractivity contribution in [3.8, 4) is 0 Å². The zero-order chi connectivity index (χ0) is 15.2. The van der Waals surface area contributed by atoms with E-state index >= 15 is 0 Å². The van der Waals surface area contributed by atoms with Crippen molar-refractivity contribution in [3.63, 3.8) is 0 Å². The molecule has 1 amide bonds. The average Bonchev–Trinajstić information content (AvgIpc) is 2.44. The molecule has 0 aromatic heterocycles. The van der Waals surface area contributed by atoms with Gasteiger partial charge in [-0.3, -0.25) is 4.79 Å². The fourth-order valence-electron chi connectivity index (χ4n) is 2.67. The van der Waals surface area contributed by atoms with E-state index in [1.165, 1.54) is 0 Å². The van der Waals surface area contributed by atoms with Gasteiger partial charge in [0.15, 0.2) is 0 Å². The van der Waals surface area contributed by atoms with Gasteiger partial charge in [-0.05, 0) is 32.1 Å². The van der Waals surface area contributed by atoms with E-state index < -0.39 is 5.60 Å². The van der Waals surface area contributed by atoms with Crippen molar-refractivity contribution >= 4 is 5.91 Å². The lowest BCUT2D eigenvalue weighted by molar-refractivity contribution is -0.131. The summed E-state index contributed by atoms with van der Waals surface area (Å²) in [6.07, 6.45) is 4.83. The predicted octanol–water partition coefficient (Wildman–Crippen LogP) is 2.50. The molecule has 20 heavy (non-hydrogen) atoms. The molecule has 1 aliphatic rings. The van der Waals surface area contributed by atoms with Crippen LogP contribution in [-0.2, 0) is 9.53 Å². The highest BCUT2D eigenvalue weighted by Crippen LogP contribution is 2.24. The van der Waals surface area contributed by atoms with Crippen molar-refractivity contribution < 1.29 is 14.6 Å². The highest BCUT2D eigenvalue weighted by atomic mass is 16.5. The number of hydrogen-bond donors (Lipinski definition) is 2. The van der Waals surface area contributed by atoms with Crippen molar-refractivity contribution in [1.29, 1.82) is 0 Å². The van der Waals surface area contributed by atoms with Gasteiger partial charge in [0.05, 0.1) is 11.7 Å². The molecule has 1 rings (SSSR count). The van der Waals surface area contributed by atoms with Crippen LogP contribution in [0.15, 0.2) is 0 Å². The number of carbonyl (C=O) groups is 1. The standard InChI is InChI=1S/C16H31NO3/c1-5-7-14-10-13(8-9-20-14)15(18)17-11-16(4,19)12(3)6-2/h12-14,19H,5-11H2,1-4H3,(H,17,18). The predicted molar refractivity (Wildman–Crippen MR) is 80.5 cm³/mol. The Labute approximate surface area is 123 Å². The van der Waals surface area contributed by atoms with Gasteiger partial charge in [0, 0.05) is 19.1 Å². The molecule has 118 valence electrons. The maximum Gasteiger partial charge on any atom is 0.223 e. The van der Waals surface area contributed by atoms with Crippen LogP contribution in [0.3, 0.4) is 0 Å². The molecule has 1 aliphatic heterocycles. The fourth-order valence-corrected chi connectivity index (χ4v) is 2.67. The maximum atomic E-state index is 12.2. The molecule has 0 aromatic rings. The first-order chi connectivity index (χ1) is 9.40. The maximum absolute atomic E-state index is 12.2. The molecular formula is C16H31NO3. The minimum atomic E-state index is -0.835. The Morgan fingerprint density at radius 3 is 2.80 bits per heavy atom. The Morgan fingerprint density at radius 1 is 1.50 bits per heavy atom. The molecule has 1 heterocycles. The summed E-state index contributed by atoms with van der Waals surface area (Å²) in [4.78, 5) is 12.2. The zero-order valence-corrected chi connectivity index (χ0v) is 13.4. The van der Waals surface area contributed by atoms with Crippen molar-refractivity contribution in [3.05, 3.63) is 0 Å². The van der Waals surface area contributed by atoms with Crippen LogP contribution in [0.25, 0.3) is 0 Å². The molecule has 0 radical (unpaired) electrons. The number of carbonyl (C=O) groups excluding carboxylic acids is 1. The van der Waals surface area contributed by atoms with Gasteiger partial charge in [-0.2, -0.15) is 0 Å². The number of amides is 1. The van der Waals surface area contributed by atoms with E-state index in [4.69, 9.17) is 4.74 Å². The Bertz CT molecular complexity index is 302. The van der Waals surface area contributed by atoms with Crippen LogP contribution >= 0.6 is 0 Å². The summed E-state index contributed by atoms with van der Waals surface area (Å²) in [7, 11) is 0. The summed E-state index contributed by atoms with van der Waals surface area (Å²) in [6.45, 7) is 9.00. The van der Waals surface area contributed by atoms with Crippen LogP contribution in [0, 0.1) is 11.8 Å². The molecule has 0 bridgehead atoms. The third kappa shape index (κ3) is 5.06. The van der Waals surface area contributed by atoms with E-state index in [0.29, 0.717) is 13.2 Å². The highest BCUT2D eigenvalue weighted by molar-refractivity contribution is 5.78. The first-order valence-corrected chi connectivity index (χ1v) is 8.02. The monoisotopic (exact) mass is 285 g/mol. The molecule has 4 unspecified atom stereocenters. The molecule has 4 atom stereocenters. The molecule has 4 nitrogen and oxygen atoms in total. The van der Waals surface area contributed by atoms with Crippen molar-refractivity contribution in [2.24, 2.45) is 11.8 Å². The molecule has 1 saturated heterocycles. The van der Waals surface area contributed by atoms with Crippen LogP contribution < -0.4 is 5.32 Å². The largest absolute Gasteiger partial charge is 0.388 e. The quantitative estimate of drug-likeness (QED) is 0.755. The van der Waals surface area contributed by atoms with Crippen molar-refractivity contribution in [2.75, 3.05) is 13.2 Å². The second kappa shape index (κ2) is 7.99.